The van der Waals surface area contributed by atoms with Crippen LogP contribution in [0.5, 0.6) is 5.75 Å². The molecule has 1 aliphatic carbocycles. The smallest absolute Gasteiger partial charge is 0.355 e. The Morgan fingerprint density at radius 2 is 1.64 bits per heavy atom. The predicted molar refractivity (Wildman–Crippen MR) is 256 cm³/mol. The van der Waals surface area contributed by atoms with Gasteiger partial charge in [-0.05, 0) is 99.2 Å². The summed E-state index contributed by atoms with van der Waals surface area (Å²) in [6.07, 6.45) is 8.48. The van der Waals surface area contributed by atoms with E-state index in [1.807, 2.05) is 26.6 Å². The molecule has 3 fully saturated rings. The number of fused-ring (bicyclic) bond motifs is 2. The highest BCUT2D eigenvalue weighted by molar-refractivity contribution is 7.93. The number of benzene rings is 3. The highest BCUT2D eigenvalue weighted by Crippen LogP contribution is 2.43. The Hall–Kier alpha value is -7.62. The van der Waals surface area contributed by atoms with E-state index in [1.54, 1.807) is 43.2 Å². The van der Waals surface area contributed by atoms with E-state index in [0.717, 1.165) is 16.0 Å². The number of ether oxygens (including phenoxy) is 1. The summed E-state index contributed by atoms with van der Waals surface area (Å²) in [5.74, 6) is -6.44. The number of amides is 5. The van der Waals surface area contributed by atoms with Gasteiger partial charge in [-0.1, -0.05) is 30.3 Å². The van der Waals surface area contributed by atoms with E-state index in [4.69, 9.17) is 20.7 Å². The minimum Gasteiger partial charge on any atom is -0.484 e. The van der Waals surface area contributed by atoms with Gasteiger partial charge in [0.05, 0.1) is 40.0 Å². The number of imide groups is 2. The number of pyridine rings is 1. The number of halogens is 3. The number of aryl methyl sites for hydroxylation is 1. The molecule has 4 aliphatic rings. The van der Waals surface area contributed by atoms with Crippen molar-refractivity contribution in [2.75, 3.05) is 23.5 Å². The standard InChI is InChI=1S/C50H49F3N10O8S/c1-26(27-10-13-32(51)14-11-27)71-39-22-30(12-15-37(39)59-72(69,70)50(52)53)43-42-44(60(2)58-43)36(24-55-45(42)54)31-23-56-62(25-31)33-18-20-61(21-19-33)47(66)29-8-6-28(7-9-29)34-4-3-5-35-41(34)49(68)63(48(35)67)38-16-17-40(64)57-46(38)65/h3-5,10-15,22-26,28-29,33,38,50,59H,6-9,16-21H2,1-2H3,(H2,54,55)(H,57,64,65)/t26-,28?,29?,38?/m0/s1. The molecule has 4 N–H and O–H groups in total. The second-order valence-corrected chi connectivity index (χ2v) is 20.4. The maximum Gasteiger partial charge on any atom is 0.355 e. The molecule has 0 radical (unpaired) electrons. The van der Waals surface area contributed by atoms with Gasteiger partial charge in [0.2, 0.25) is 17.7 Å². The number of alkyl halides is 2. The van der Waals surface area contributed by atoms with Gasteiger partial charge in [0, 0.05) is 61.6 Å². The SMILES string of the molecule is C[C@H](Oc1cc(-c2nn(C)c3c(-c4cnn(C5CCN(C(=O)C6CCC(c7cccc8c7C(=O)N(C7CCC(=O)NC7=O)C8=O)CC6)CC5)c4)cnc(N)c23)ccc1NS(=O)(=O)C(F)F)c1ccc(F)cc1. The zero-order chi connectivity index (χ0) is 50.7. The summed E-state index contributed by atoms with van der Waals surface area (Å²) in [7, 11) is -3.36. The molecule has 5 amide bonds. The molecule has 0 spiro atoms. The number of nitrogen functional groups attached to an aromatic ring is 1. The van der Waals surface area contributed by atoms with Crippen LogP contribution in [0.4, 0.5) is 24.7 Å². The number of piperidine rings is 2. The van der Waals surface area contributed by atoms with Crippen molar-refractivity contribution in [2.24, 2.45) is 13.0 Å². The third kappa shape index (κ3) is 8.80. The van der Waals surface area contributed by atoms with Gasteiger partial charge in [0.25, 0.3) is 21.8 Å². The van der Waals surface area contributed by atoms with Crippen molar-refractivity contribution < 1.29 is 50.3 Å². The Morgan fingerprint density at radius 3 is 2.35 bits per heavy atom. The van der Waals surface area contributed by atoms with Crippen LogP contribution >= 0.6 is 0 Å². The number of carbonyl (C=O) groups is 5. The van der Waals surface area contributed by atoms with Crippen molar-refractivity contribution in [3.63, 3.8) is 0 Å². The molecule has 3 aliphatic heterocycles. The molecule has 1 saturated carbocycles. The Bertz CT molecular complexity index is 3290. The molecule has 10 rings (SSSR count). The van der Waals surface area contributed by atoms with Gasteiger partial charge in [-0.2, -0.15) is 19.0 Å². The van der Waals surface area contributed by atoms with E-state index in [1.165, 1.54) is 42.5 Å². The second-order valence-electron chi connectivity index (χ2n) is 18.7. The summed E-state index contributed by atoms with van der Waals surface area (Å²) in [5.41, 5.74) is 10.9. The number of likely N-dealkylation sites (tertiary alicyclic amines) is 1. The van der Waals surface area contributed by atoms with E-state index in [2.05, 4.69) is 10.3 Å². The Labute approximate surface area is 410 Å². The van der Waals surface area contributed by atoms with Crippen molar-refractivity contribution in [1.29, 1.82) is 0 Å². The summed E-state index contributed by atoms with van der Waals surface area (Å²) in [4.78, 5) is 72.9. The topological polar surface area (TPSA) is 234 Å². The van der Waals surface area contributed by atoms with Crippen LogP contribution in [0.3, 0.4) is 0 Å². The number of nitrogens with one attached hydrogen (secondary N) is 2. The van der Waals surface area contributed by atoms with Gasteiger partial charge in [0.15, 0.2) is 0 Å². The van der Waals surface area contributed by atoms with Gasteiger partial charge >= 0.3 is 5.76 Å². The fourth-order valence-corrected chi connectivity index (χ4v) is 11.2. The van der Waals surface area contributed by atoms with Gasteiger partial charge < -0.3 is 15.4 Å². The van der Waals surface area contributed by atoms with E-state index in [0.29, 0.717) is 90.5 Å². The lowest BCUT2D eigenvalue weighted by atomic mass is 9.76. The molecule has 22 heteroatoms. The molecule has 2 saturated heterocycles. The van der Waals surface area contributed by atoms with Crippen molar-refractivity contribution in [3.8, 4) is 28.1 Å². The lowest BCUT2D eigenvalue weighted by Crippen LogP contribution is -2.54. The van der Waals surface area contributed by atoms with E-state index < -0.39 is 57.4 Å². The fourth-order valence-electron chi connectivity index (χ4n) is 10.6. The van der Waals surface area contributed by atoms with Gasteiger partial charge in [-0.15, -0.1) is 0 Å². The number of nitrogens with zero attached hydrogens (tertiary/aromatic N) is 7. The van der Waals surface area contributed by atoms with Gasteiger partial charge in [-0.3, -0.25) is 48.3 Å². The summed E-state index contributed by atoms with van der Waals surface area (Å²) >= 11 is 0. The average Bonchev–Trinajstić information content (AvgIpc) is 4.07. The van der Waals surface area contributed by atoms with E-state index >= 15 is 0 Å². The lowest BCUT2D eigenvalue weighted by molar-refractivity contribution is -0.138. The van der Waals surface area contributed by atoms with Crippen molar-refractivity contribution in [3.05, 3.63) is 107 Å². The molecule has 1 unspecified atom stereocenters. The first kappa shape index (κ1) is 48.0. The number of hydrogen-bond donors (Lipinski definition) is 3. The fraction of sp³-hybridized carbons (Fsp3) is 0.360. The maximum atomic E-state index is 13.9. The molecule has 6 aromatic rings. The molecule has 3 aromatic carbocycles. The molecule has 2 atom stereocenters. The van der Waals surface area contributed by atoms with Crippen molar-refractivity contribution >= 4 is 62.0 Å². The van der Waals surface area contributed by atoms with Crippen LogP contribution in [0.15, 0.2) is 79.3 Å². The van der Waals surface area contributed by atoms with Crippen LogP contribution in [-0.4, -0.2) is 97.2 Å². The number of rotatable bonds is 12. The first-order valence-electron chi connectivity index (χ1n) is 23.6. The molecule has 3 aromatic heterocycles. The molecule has 374 valence electrons. The van der Waals surface area contributed by atoms with E-state index in [-0.39, 0.29) is 59.4 Å². The molecule has 6 heterocycles. The van der Waals surface area contributed by atoms with Crippen LogP contribution in [0, 0.1) is 11.7 Å². The Kier molecular flexibility index (Phi) is 12.6. The summed E-state index contributed by atoms with van der Waals surface area (Å²) in [5, 5.41) is 12.2. The monoisotopic (exact) mass is 1010 g/mol. The van der Waals surface area contributed by atoms with Crippen molar-refractivity contribution in [1.82, 2.24) is 39.7 Å². The largest absolute Gasteiger partial charge is 0.484 e. The Morgan fingerprint density at radius 1 is 0.903 bits per heavy atom. The zero-order valence-corrected chi connectivity index (χ0v) is 39.9. The molecule has 72 heavy (non-hydrogen) atoms. The van der Waals surface area contributed by atoms with Crippen LogP contribution in [-0.2, 0) is 31.5 Å². The normalized spacial score (nSPS) is 20.3. The summed E-state index contributed by atoms with van der Waals surface area (Å²) < 4.78 is 76.8. The highest BCUT2D eigenvalue weighted by Gasteiger charge is 2.46. The first-order valence-corrected chi connectivity index (χ1v) is 25.2. The first-order chi connectivity index (χ1) is 34.5. The van der Waals surface area contributed by atoms with Gasteiger partial charge in [-0.25, -0.2) is 17.8 Å². The third-order valence-corrected chi connectivity index (χ3v) is 15.3. The highest BCUT2D eigenvalue weighted by atomic mass is 32.2. The average molecular weight is 1010 g/mol. The zero-order valence-electron chi connectivity index (χ0n) is 39.1. The maximum absolute atomic E-state index is 13.9. The van der Waals surface area contributed by atoms with Crippen LogP contribution in [0.1, 0.15) is 108 Å². The predicted octanol–water partition coefficient (Wildman–Crippen LogP) is 6.86. The van der Waals surface area contributed by atoms with Gasteiger partial charge in [0.1, 0.15) is 35.2 Å². The summed E-state index contributed by atoms with van der Waals surface area (Å²) in [6.45, 7) is 2.71. The van der Waals surface area contributed by atoms with Crippen molar-refractivity contribution in [2.45, 2.75) is 88.2 Å². The number of carbonyl (C=O) groups excluding carboxylic acids is 5. The molecule has 0 bridgehead atoms. The summed E-state index contributed by atoms with van der Waals surface area (Å²) in [6, 6.07) is 13.9. The quantitative estimate of drug-likeness (QED) is 0.107. The number of hydrogen-bond acceptors (Lipinski definition) is 12. The van der Waals surface area contributed by atoms with Crippen LogP contribution < -0.4 is 20.5 Å². The Balaban J connectivity index is 0.810. The lowest BCUT2D eigenvalue weighted by Gasteiger charge is -2.36. The third-order valence-electron chi connectivity index (χ3n) is 14.4. The number of anilines is 2. The molecular weight excluding hydrogens is 958 g/mol. The van der Waals surface area contributed by atoms with Crippen LogP contribution in [0.2, 0.25) is 0 Å². The molecule has 18 nitrogen and oxygen atoms in total. The van der Waals surface area contributed by atoms with Crippen LogP contribution in [0.25, 0.3) is 33.3 Å². The minimum atomic E-state index is -5.09. The number of nitrogens with two attached hydrogens (primary N) is 1. The van der Waals surface area contributed by atoms with E-state index in [9.17, 15) is 45.6 Å². The minimum absolute atomic E-state index is 0.00485. The second kappa shape index (κ2) is 18.9. The molecular formula is C50H49F3N10O8S. The number of aromatic nitrogens is 5. The number of sulfonamides is 1.